The number of carbonyl (C=O) groups is 1. The summed E-state index contributed by atoms with van der Waals surface area (Å²) in [6.07, 6.45) is 1.97. The quantitative estimate of drug-likeness (QED) is 0.549. The van der Waals surface area contributed by atoms with Gasteiger partial charge in [-0.1, -0.05) is 30.3 Å². The first-order chi connectivity index (χ1) is 13.9. The summed E-state index contributed by atoms with van der Waals surface area (Å²) >= 11 is 0. The summed E-state index contributed by atoms with van der Waals surface area (Å²) in [5.41, 5.74) is 9.15. The molecule has 4 rings (SSSR count). The van der Waals surface area contributed by atoms with Crippen molar-refractivity contribution < 1.29 is 4.79 Å². The van der Waals surface area contributed by atoms with Gasteiger partial charge in [-0.05, 0) is 81.7 Å². The minimum atomic E-state index is -0.0924. The van der Waals surface area contributed by atoms with E-state index in [1.807, 2.05) is 43.3 Å². The fourth-order valence-electron chi connectivity index (χ4n) is 3.87. The molecule has 0 N–H and O–H groups in total. The topological polar surface area (TPSA) is 37.6 Å². The van der Waals surface area contributed by atoms with Crippen LogP contribution in [-0.2, 0) is 4.79 Å². The molecule has 0 radical (unpaired) electrons. The van der Waals surface area contributed by atoms with Gasteiger partial charge in [-0.2, -0.15) is 10.1 Å². The van der Waals surface area contributed by atoms with Crippen molar-refractivity contribution in [2.45, 2.75) is 34.6 Å². The molecule has 4 nitrogen and oxygen atoms in total. The van der Waals surface area contributed by atoms with E-state index in [0.717, 1.165) is 28.4 Å². The Labute approximate surface area is 171 Å². The van der Waals surface area contributed by atoms with Crippen molar-refractivity contribution in [1.82, 2.24) is 4.57 Å². The number of para-hydroxylation sites is 1. The normalized spacial score (nSPS) is 15.3. The molecule has 0 aliphatic carbocycles. The molecule has 1 aliphatic heterocycles. The fourth-order valence-corrected chi connectivity index (χ4v) is 3.87. The van der Waals surface area contributed by atoms with Crippen molar-refractivity contribution in [2.75, 3.05) is 5.01 Å². The highest BCUT2D eigenvalue weighted by Gasteiger charge is 2.29. The van der Waals surface area contributed by atoms with E-state index in [-0.39, 0.29) is 5.91 Å². The highest BCUT2D eigenvalue weighted by molar-refractivity contribution is 6.32. The molecule has 3 aromatic rings. The van der Waals surface area contributed by atoms with Crippen molar-refractivity contribution in [3.63, 3.8) is 0 Å². The van der Waals surface area contributed by atoms with E-state index in [9.17, 15) is 4.79 Å². The maximum atomic E-state index is 13.0. The second-order valence-corrected chi connectivity index (χ2v) is 7.58. The Balaban J connectivity index is 1.76. The van der Waals surface area contributed by atoms with Gasteiger partial charge < -0.3 is 4.57 Å². The maximum absolute atomic E-state index is 13.0. The van der Waals surface area contributed by atoms with E-state index in [1.54, 1.807) is 0 Å². The standard InChI is InChI=1S/C25H25N3O/c1-16-10-9-13-24(18(16)3)27-17(2)14-21(20(27)5)15-23-19(4)26-28(25(23)29)22-11-7-6-8-12-22/h6-15H,1-5H3/b23-15+. The van der Waals surface area contributed by atoms with Crippen LogP contribution in [0.15, 0.2) is 65.3 Å². The van der Waals surface area contributed by atoms with E-state index in [0.29, 0.717) is 5.57 Å². The number of aromatic nitrogens is 1. The van der Waals surface area contributed by atoms with Crippen molar-refractivity contribution in [3.05, 3.63) is 88.2 Å². The second kappa shape index (κ2) is 7.21. The van der Waals surface area contributed by atoms with Crippen LogP contribution in [0, 0.1) is 27.7 Å². The lowest BCUT2D eigenvalue weighted by atomic mass is 10.1. The first-order valence-corrected chi connectivity index (χ1v) is 9.81. The molecule has 0 atom stereocenters. The molecule has 0 spiro atoms. The monoisotopic (exact) mass is 383 g/mol. The van der Waals surface area contributed by atoms with Crippen LogP contribution in [0.4, 0.5) is 5.69 Å². The number of aryl methyl sites for hydroxylation is 2. The Morgan fingerprint density at radius 3 is 2.34 bits per heavy atom. The highest BCUT2D eigenvalue weighted by Crippen LogP contribution is 2.29. The Morgan fingerprint density at radius 1 is 0.897 bits per heavy atom. The lowest BCUT2D eigenvalue weighted by molar-refractivity contribution is -0.114. The largest absolute Gasteiger partial charge is 0.318 e. The molecule has 1 aliphatic rings. The summed E-state index contributed by atoms with van der Waals surface area (Å²) in [6.45, 7) is 10.4. The van der Waals surface area contributed by atoms with E-state index in [1.165, 1.54) is 21.8 Å². The number of anilines is 1. The van der Waals surface area contributed by atoms with Gasteiger partial charge in [0.1, 0.15) is 0 Å². The van der Waals surface area contributed by atoms with E-state index in [2.05, 4.69) is 61.6 Å². The van der Waals surface area contributed by atoms with Gasteiger partial charge in [-0.3, -0.25) is 4.79 Å². The number of carbonyl (C=O) groups excluding carboxylic acids is 1. The Bertz CT molecular complexity index is 1170. The molecule has 146 valence electrons. The van der Waals surface area contributed by atoms with Gasteiger partial charge in [0.2, 0.25) is 0 Å². The number of hydrogen-bond donors (Lipinski definition) is 0. The number of amides is 1. The fraction of sp³-hybridized carbons (Fsp3) is 0.200. The van der Waals surface area contributed by atoms with Gasteiger partial charge in [-0.15, -0.1) is 0 Å². The zero-order chi connectivity index (χ0) is 20.7. The van der Waals surface area contributed by atoms with Gasteiger partial charge in [-0.25, -0.2) is 0 Å². The summed E-state index contributed by atoms with van der Waals surface area (Å²) in [7, 11) is 0. The van der Waals surface area contributed by atoms with Crippen LogP contribution >= 0.6 is 0 Å². The molecule has 1 amide bonds. The van der Waals surface area contributed by atoms with Crippen LogP contribution in [0.1, 0.15) is 35.0 Å². The zero-order valence-corrected chi connectivity index (χ0v) is 17.5. The third-order valence-electron chi connectivity index (χ3n) is 5.65. The number of hydrazone groups is 1. The van der Waals surface area contributed by atoms with Crippen LogP contribution in [0.2, 0.25) is 0 Å². The Kier molecular flexibility index (Phi) is 4.71. The van der Waals surface area contributed by atoms with Gasteiger partial charge in [0, 0.05) is 17.1 Å². The number of hydrogen-bond acceptors (Lipinski definition) is 2. The van der Waals surface area contributed by atoms with Crippen LogP contribution in [-0.4, -0.2) is 16.2 Å². The maximum Gasteiger partial charge on any atom is 0.280 e. The molecule has 1 aromatic heterocycles. The summed E-state index contributed by atoms with van der Waals surface area (Å²) in [6, 6.07) is 18.0. The average molecular weight is 383 g/mol. The predicted octanol–water partition coefficient (Wildman–Crippen LogP) is 5.52. The van der Waals surface area contributed by atoms with Gasteiger partial charge in [0.15, 0.2) is 0 Å². The van der Waals surface area contributed by atoms with E-state index < -0.39 is 0 Å². The van der Waals surface area contributed by atoms with Crippen LogP contribution in [0.5, 0.6) is 0 Å². The molecular formula is C25H25N3O. The molecule has 0 fully saturated rings. The molecule has 0 bridgehead atoms. The van der Waals surface area contributed by atoms with Crippen molar-refractivity contribution in [1.29, 1.82) is 0 Å². The summed E-state index contributed by atoms with van der Waals surface area (Å²) < 4.78 is 2.26. The van der Waals surface area contributed by atoms with E-state index >= 15 is 0 Å². The van der Waals surface area contributed by atoms with Crippen LogP contribution in [0.3, 0.4) is 0 Å². The number of nitrogens with zero attached hydrogens (tertiary/aromatic N) is 3. The van der Waals surface area contributed by atoms with Gasteiger partial charge in [0.05, 0.1) is 17.0 Å². The second-order valence-electron chi connectivity index (χ2n) is 7.58. The Morgan fingerprint density at radius 2 is 1.62 bits per heavy atom. The molecule has 0 saturated heterocycles. The highest BCUT2D eigenvalue weighted by atomic mass is 16.2. The third-order valence-corrected chi connectivity index (χ3v) is 5.65. The summed E-state index contributed by atoms with van der Waals surface area (Å²) in [5.74, 6) is -0.0924. The first-order valence-electron chi connectivity index (χ1n) is 9.81. The van der Waals surface area contributed by atoms with E-state index in [4.69, 9.17) is 0 Å². The average Bonchev–Trinajstić information content (AvgIpc) is 3.15. The predicted molar refractivity (Wildman–Crippen MR) is 120 cm³/mol. The molecule has 2 heterocycles. The van der Waals surface area contributed by atoms with Crippen molar-refractivity contribution >= 4 is 23.4 Å². The Hall–Kier alpha value is -3.40. The van der Waals surface area contributed by atoms with Gasteiger partial charge in [0.25, 0.3) is 5.91 Å². The van der Waals surface area contributed by atoms with Crippen molar-refractivity contribution in [3.8, 4) is 5.69 Å². The first kappa shape index (κ1) is 18.9. The molecule has 2 aromatic carbocycles. The van der Waals surface area contributed by atoms with Crippen LogP contribution in [0.25, 0.3) is 11.8 Å². The minimum Gasteiger partial charge on any atom is -0.318 e. The van der Waals surface area contributed by atoms with Crippen molar-refractivity contribution in [2.24, 2.45) is 5.10 Å². The zero-order valence-electron chi connectivity index (χ0n) is 17.5. The van der Waals surface area contributed by atoms with Crippen LogP contribution < -0.4 is 5.01 Å². The third kappa shape index (κ3) is 3.21. The molecule has 0 saturated carbocycles. The minimum absolute atomic E-state index is 0.0924. The molecule has 4 heteroatoms. The summed E-state index contributed by atoms with van der Waals surface area (Å²) in [4.78, 5) is 13.0. The lowest BCUT2D eigenvalue weighted by Gasteiger charge is -2.14. The number of rotatable bonds is 3. The smallest absolute Gasteiger partial charge is 0.280 e. The number of benzene rings is 2. The molecular weight excluding hydrogens is 358 g/mol. The summed E-state index contributed by atoms with van der Waals surface area (Å²) in [5, 5.41) is 5.96. The van der Waals surface area contributed by atoms with Gasteiger partial charge >= 0.3 is 0 Å². The molecule has 29 heavy (non-hydrogen) atoms. The lowest BCUT2D eigenvalue weighted by Crippen LogP contribution is -2.21. The molecule has 0 unspecified atom stereocenters. The SMILES string of the molecule is CC1=NN(c2ccccc2)C(=O)/C1=C/c1cc(C)n(-c2cccc(C)c2C)c1C.